The maximum Gasteiger partial charge on any atom is 0.695 e. The molecule has 3 N–H and O–H groups in total. The molecular weight excluding hydrogens is 398 g/mol. The lowest BCUT2D eigenvalue weighted by Gasteiger charge is -2.14. The first-order valence-electron chi connectivity index (χ1n) is 8.51. The van der Waals surface area contributed by atoms with Crippen molar-refractivity contribution in [3.8, 4) is 0 Å². The Kier molecular flexibility index (Phi) is 5.79. The zero-order valence-electron chi connectivity index (χ0n) is 15.2. The van der Waals surface area contributed by atoms with Crippen molar-refractivity contribution >= 4 is 31.3 Å². The predicted molar refractivity (Wildman–Crippen MR) is 93.2 cm³/mol. The monoisotopic (exact) mass is 417 g/mol. The van der Waals surface area contributed by atoms with Crippen LogP contribution in [0.3, 0.4) is 0 Å². The largest absolute Gasteiger partial charge is 0.695 e. The van der Waals surface area contributed by atoms with Gasteiger partial charge in [-0.1, -0.05) is 26.0 Å². The standard InChI is InChI=1S/C14H18FN6O6P/c1-4-6-7(15)9(27-28(24)25)13(26-6)21-10-8(19-20-21)12(23)18-14(16-10)17-11(22)5(2)3/h5-7,9,13H,4H2,1-3H3,(H2-,16,17,18,20,22,23,24,25)/p+1/t6-,7-,9+,13-/m1/s1. The van der Waals surface area contributed by atoms with E-state index in [1.54, 1.807) is 20.8 Å². The summed E-state index contributed by atoms with van der Waals surface area (Å²) in [5, 5.41) is 9.93. The minimum atomic E-state index is -3.12. The second-order valence-corrected chi connectivity index (χ2v) is 7.18. The normalized spacial score (nSPS) is 25.4. The van der Waals surface area contributed by atoms with Crippen LogP contribution in [0.15, 0.2) is 4.79 Å². The Morgan fingerprint density at radius 2 is 2.25 bits per heavy atom. The molecule has 3 heterocycles. The number of hydrogen-bond acceptors (Lipinski definition) is 8. The highest BCUT2D eigenvalue weighted by atomic mass is 31.1. The molecule has 0 radical (unpaired) electrons. The highest BCUT2D eigenvalue weighted by Gasteiger charge is 2.51. The number of nitrogens with one attached hydrogen (secondary N) is 2. The van der Waals surface area contributed by atoms with Crippen molar-refractivity contribution in [2.24, 2.45) is 5.92 Å². The molecule has 1 fully saturated rings. The van der Waals surface area contributed by atoms with Gasteiger partial charge in [0.2, 0.25) is 11.9 Å². The van der Waals surface area contributed by atoms with E-state index in [-0.39, 0.29) is 35.4 Å². The fourth-order valence-electron chi connectivity index (χ4n) is 2.76. The van der Waals surface area contributed by atoms with Gasteiger partial charge in [0, 0.05) is 10.5 Å². The summed E-state index contributed by atoms with van der Waals surface area (Å²) >= 11 is 0. The zero-order chi connectivity index (χ0) is 20.6. The summed E-state index contributed by atoms with van der Waals surface area (Å²) in [7, 11) is -3.12. The molecule has 0 aliphatic carbocycles. The average molecular weight is 417 g/mol. The van der Waals surface area contributed by atoms with Crippen molar-refractivity contribution < 1.29 is 27.9 Å². The van der Waals surface area contributed by atoms with Gasteiger partial charge in [0.25, 0.3) is 5.56 Å². The Labute approximate surface area is 158 Å². The second-order valence-electron chi connectivity index (χ2n) is 6.49. The molecule has 28 heavy (non-hydrogen) atoms. The van der Waals surface area contributed by atoms with Gasteiger partial charge in [-0.25, -0.2) is 4.39 Å². The van der Waals surface area contributed by atoms with Crippen LogP contribution >= 0.6 is 8.25 Å². The molecule has 1 unspecified atom stereocenters. The van der Waals surface area contributed by atoms with Gasteiger partial charge in [-0.15, -0.1) is 14.5 Å². The molecule has 1 aliphatic heterocycles. The number of aromatic amines is 1. The number of fused-ring (bicyclic) bond motifs is 1. The van der Waals surface area contributed by atoms with Crippen molar-refractivity contribution in [1.29, 1.82) is 0 Å². The van der Waals surface area contributed by atoms with Crippen LogP contribution in [0.1, 0.15) is 33.4 Å². The molecule has 0 aromatic carbocycles. The number of alkyl halides is 1. The van der Waals surface area contributed by atoms with Crippen LogP contribution in [0.25, 0.3) is 11.2 Å². The van der Waals surface area contributed by atoms with Crippen molar-refractivity contribution in [2.45, 2.75) is 51.8 Å². The number of ether oxygens (including phenoxy) is 1. The number of nitrogens with zero attached hydrogens (tertiary/aromatic N) is 4. The van der Waals surface area contributed by atoms with Crippen molar-refractivity contribution in [3.05, 3.63) is 10.4 Å². The minimum absolute atomic E-state index is 0.0986. The van der Waals surface area contributed by atoms with Gasteiger partial charge in [-0.05, 0) is 6.42 Å². The summed E-state index contributed by atoms with van der Waals surface area (Å²) in [5.74, 6) is -0.891. The molecular formula is C14H19FN6O6P+. The SMILES string of the molecule is CC[C@H]1O[C@@H](n2nnc3c(=O)[nH]c(NC(=O)C(C)C)nc32)[C@@H](O[P+](=O)O)[C@@H]1F. The molecule has 1 amide bonds. The van der Waals surface area contributed by atoms with E-state index < -0.39 is 38.4 Å². The molecule has 5 atom stereocenters. The number of halogens is 1. The van der Waals surface area contributed by atoms with Crippen molar-refractivity contribution in [1.82, 2.24) is 25.0 Å². The lowest BCUT2D eigenvalue weighted by molar-refractivity contribution is -0.118. The number of aromatic nitrogens is 5. The fourth-order valence-corrected chi connectivity index (χ4v) is 3.19. The minimum Gasteiger partial charge on any atom is -0.347 e. The lowest BCUT2D eigenvalue weighted by atomic mass is 10.1. The maximum absolute atomic E-state index is 14.6. The number of H-pyrrole nitrogens is 1. The summed E-state index contributed by atoms with van der Waals surface area (Å²) in [5.41, 5.74) is -0.949. The smallest absolute Gasteiger partial charge is 0.347 e. The average Bonchev–Trinajstić information content (AvgIpc) is 3.16. The molecule has 0 bridgehead atoms. The summed E-state index contributed by atoms with van der Waals surface area (Å²) < 4.78 is 37.0. The first-order valence-corrected chi connectivity index (χ1v) is 9.64. The van der Waals surface area contributed by atoms with Crippen LogP contribution in [0.4, 0.5) is 10.3 Å². The van der Waals surface area contributed by atoms with Gasteiger partial charge in [-0.2, -0.15) is 9.67 Å². The van der Waals surface area contributed by atoms with Crippen LogP contribution in [0.5, 0.6) is 0 Å². The van der Waals surface area contributed by atoms with Gasteiger partial charge in [0.15, 0.2) is 29.7 Å². The van der Waals surface area contributed by atoms with E-state index in [1.165, 1.54) is 0 Å². The van der Waals surface area contributed by atoms with Gasteiger partial charge in [-0.3, -0.25) is 19.9 Å². The Morgan fingerprint density at radius 3 is 2.86 bits per heavy atom. The van der Waals surface area contributed by atoms with E-state index >= 15 is 0 Å². The number of hydrogen-bond donors (Lipinski definition) is 3. The first-order chi connectivity index (χ1) is 13.2. The highest BCUT2D eigenvalue weighted by molar-refractivity contribution is 7.32. The summed E-state index contributed by atoms with van der Waals surface area (Å²) in [6, 6.07) is 0. The van der Waals surface area contributed by atoms with E-state index in [1.807, 2.05) is 0 Å². The Hall–Kier alpha value is -2.34. The topological polar surface area (TPSA) is 161 Å². The fraction of sp³-hybridized carbons (Fsp3) is 0.643. The van der Waals surface area contributed by atoms with E-state index in [4.69, 9.17) is 14.2 Å². The van der Waals surface area contributed by atoms with Crippen LogP contribution in [0, 0.1) is 5.92 Å². The van der Waals surface area contributed by atoms with Gasteiger partial charge < -0.3 is 4.74 Å². The molecule has 3 rings (SSSR count). The number of rotatable bonds is 6. The molecule has 2 aromatic heterocycles. The zero-order valence-corrected chi connectivity index (χ0v) is 16.1. The summed E-state index contributed by atoms with van der Waals surface area (Å²) in [6.45, 7) is 5.00. The van der Waals surface area contributed by atoms with Crippen molar-refractivity contribution in [2.75, 3.05) is 5.32 Å². The highest BCUT2D eigenvalue weighted by Crippen LogP contribution is 2.39. The first kappa shape index (κ1) is 20.4. The van der Waals surface area contributed by atoms with Gasteiger partial charge in [0.05, 0.1) is 6.10 Å². The molecule has 2 aromatic rings. The number of carbonyl (C=O) groups excluding carboxylic acids is 1. The van der Waals surface area contributed by atoms with E-state index in [0.29, 0.717) is 0 Å². The van der Waals surface area contributed by atoms with E-state index in [9.17, 15) is 18.5 Å². The number of anilines is 1. The summed E-state index contributed by atoms with van der Waals surface area (Å²) in [6.07, 6.45) is -5.08. The number of carbonyl (C=O) groups is 1. The van der Waals surface area contributed by atoms with E-state index in [0.717, 1.165) is 4.68 Å². The number of amides is 1. The second kappa shape index (κ2) is 7.95. The molecule has 0 saturated carbocycles. The Balaban J connectivity index is 2.04. The third kappa shape index (κ3) is 3.78. The lowest BCUT2D eigenvalue weighted by Crippen LogP contribution is -2.30. The quantitative estimate of drug-likeness (QED) is 0.577. The van der Waals surface area contributed by atoms with Crippen molar-refractivity contribution in [3.63, 3.8) is 0 Å². The predicted octanol–water partition coefficient (Wildman–Crippen LogP) is 0.790. The van der Waals surface area contributed by atoms with E-state index in [2.05, 4.69) is 25.6 Å². The molecule has 14 heteroatoms. The summed E-state index contributed by atoms with van der Waals surface area (Å²) in [4.78, 5) is 39.6. The molecule has 12 nitrogen and oxygen atoms in total. The van der Waals surface area contributed by atoms with Gasteiger partial charge >= 0.3 is 8.25 Å². The Morgan fingerprint density at radius 1 is 1.54 bits per heavy atom. The Bertz CT molecular complexity index is 963. The van der Waals surface area contributed by atoms with Crippen LogP contribution in [-0.4, -0.2) is 54.1 Å². The third-order valence-electron chi connectivity index (χ3n) is 4.22. The van der Waals surface area contributed by atoms with Crippen LogP contribution < -0.4 is 10.9 Å². The molecule has 1 aliphatic rings. The van der Waals surface area contributed by atoms with Gasteiger partial charge in [0.1, 0.15) is 0 Å². The van der Waals surface area contributed by atoms with Crippen LogP contribution in [0.2, 0.25) is 0 Å². The van der Waals surface area contributed by atoms with Crippen LogP contribution in [-0.2, 0) is 18.6 Å². The molecule has 0 spiro atoms. The molecule has 152 valence electrons. The third-order valence-corrected chi connectivity index (χ3v) is 4.64. The maximum atomic E-state index is 14.6. The molecule has 1 saturated heterocycles.